The van der Waals surface area contributed by atoms with Crippen LogP contribution in [-0.4, -0.2) is 54.0 Å². The first-order valence-corrected chi connectivity index (χ1v) is 11.3. The van der Waals surface area contributed by atoms with E-state index >= 15 is 0 Å². The van der Waals surface area contributed by atoms with Crippen molar-refractivity contribution in [3.8, 4) is 0 Å². The van der Waals surface area contributed by atoms with Crippen LogP contribution in [0.25, 0.3) is 0 Å². The van der Waals surface area contributed by atoms with Crippen LogP contribution in [0.4, 0.5) is 33.2 Å². The lowest BCUT2D eigenvalue weighted by Crippen LogP contribution is -2.36. The van der Waals surface area contributed by atoms with Gasteiger partial charge in [-0.05, 0) is 24.6 Å². The Balaban J connectivity index is 1.41. The number of pyridine rings is 1. The van der Waals surface area contributed by atoms with Crippen molar-refractivity contribution in [2.75, 3.05) is 48.4 Å². The van der Waals surface area contributed by atoms with Crippen LogP contribution < -0.4 is 20.9 Å². The van der Waals surface area contributed by atoms with Gasteiger partial charge in [-0.3, -0.25) is 0 Å². The molecule has 1 unspecified atom stereocenters. The summed E-state index contributed by atoms with van der Waals surface area (Å²) in [6.07, 6.45) is 2.68. The number of morpholine rings is 1. The number of aryl methyl sites for hydroxylation is 1. The highest BCUT2D eigenvalue weighted by Crippen LogP contribution is 2.35. The van der Waals surface area contributed by atoms with Gasteiger partial charge in [0.2, 0.25) is 0 Å². The Morgan fingerprint density at radius 3 is 2.68 bits per heavy atom. The fourth-order valence-corrected chi connectivity index (χ4v) is 4.07. The molecule has 9 nitrogen and oxygen atoms in total. The number of benzene rings is 1. The Labute approximate surface area is 201 Å². The van der Waals surface area contributed by atoms with Gasteiger partial charge in [0, 0.05) is 55.8 Å². The second-order valence-corrected chi connectivity index (χ2v) is 8.54. The predicted octanol–water partition coefficient (Wildman–Crippen LogP) is 3.94. The highest BCUT2D eigenvalue weighted by Gasteiger charge is 2.25. The summed E-state index contributed by atoms with van der Waals surface area (Å²) in [6, 6.07) is 6.92. The van der Waals surface area contributed by atoms with E-state index in [0.29, 0.717) is 41.9 Å². The van der Waals surface area contributed by atoms with Crippen LogP contribution in [0.5, 0.6) is 0 Å². The molecule has 0 bridgehead atoms. The van der Waals surface area contributed by atoms with E-state index in [2.05, 4.69) is 35.8 Å². The Morgan fingerprint density at radius 2 is 1.97 bits per heavy atom. The van der Waals surface area contributed by atoms with Crippen molar-refractivity contribution in [2.45, 2.75) is 13.0 Å². The molecule has 34 heavy (non-hydrogen) atoms. The van der Waals surface area contributed by atoms with Crippen LogP contribution >= 0.6 is 11.6 Å². The van der Waals surface area contributed by atoms with Gasteiger partial charge in [-0.2, -0.15) is 0 Å². The molecule has 2 fully saturated rings. The lowest BCUT2D eigenvalue weighted by Gasteiger charge is -2.28. The molecule has 2 aliphatic rings. The third-order valence-corrected chi connectivity index (χ3v) is 5.94. The topological polar surface area (TPSA) is 121 Å². The second kappa shape index (κ2) is 9.49. The molecule has 3 aromatic rings. The number of anilines is 5. The Bertz CT molecular complexity index is 1210. The molecule has 11 heteroatoms. The van der Waals surface area contributed by atoms with Gasteiger partial charge in [0.15, 0.2) is 0 Å². The van der Waals surface area contributed by atoms with E-state index in [4.69, 9.17) is 21.7 Å². The van der Waals surface area contributed by atoms with E-state index in [-0.39, 0.29) is 16.8 Å². The number of hydrogen-bond donors (Lipinski definition) is 4. The first-order chi connectivity index (χ1) is 16.5. The number of rotatable bonds is 7. The molecule has 0 amide bonds. The van der Waals surface area contributed by atoms with Crippen molar-refractivity contribution in [3.05, 3.63) is 58.3 Å². The van der Waals surface area contributed by atoms with Crippen molar-refractivity contribution in [3.63, 3.8) is 0 Å². The molecule has 1 aromatic carbocycles. The smallest absolute Gasteiger partial charge is 0.148 e. The number of nitrogens with zero attached hydrogens (tertiary/aromatic N) is 4. The standard InChI is InChI=1S/C23H24ClFN8O/c1-13-29-21(9-22(30-13)33-2-4-34-5-3-33)32-20-8-18(15(10-26)11-28-20)31-23-16(24)6-14(7-17(23)25)19-12-27-19/h6-11,19,26-27H,2-5,12H2,1H3,(H2,28,29,30,31,32). The number of hydrogen-bond acceptors (Lipinski definition) is 9. The average Bonchev–Trinajstić information content (AvgIpc) is 3.67. The van der Waals surface area contributed by atoms with Crippen molar-refractivity contribution in [1.29, 1.82) is 5.41 Å². The molecule has 176 valence electrons. The summed E-state index contributed by atoms with van der Waals surface area (Å²) in [5, 5.41) is 17.4. The summed E-state index contributed by atoms with van der Waals surface area (Å²) in [5.74, 6) is 2.04. The molecular weight excluding hydrogens is 459 g/mol. The third kappa shape index (κ3) is 4.93. The van der Waals surface area contributed by atoms with E-state index in [1.807, 2.05) is 13.0 Å². The van der Waals surface area contributed by atoms with Crippen molar-refractivity contribution < 1.29 is 9.13 Å². The minimum atomic E-state index is -0.458. The molecule has 0 radical (unpaired) electrons. The maximum absolute atomic E-state index is 14.8. The van der Waals surface area contributed by atoms with Gasteiger partial charge < -0.3 is 31.0 Å². The van der Waals surface area contributed by atoms with Crippen molar-refractivity contribution >= 4 is 46.6 Å². The van der Waals surface area contributed by atoms with Crippen molar-refractivity contribution in [1.82, 2.24) is 20.3 Å². The maximum Gasteiger partial charge on any atom is 0.148 e. The fraction of sp³-hybridized carbons (Fsp3) is 0.304. The van der Waals surface area contributed by atoms with E-state index in [1.165, 1.54) is 12.3 Å². The Kier molecular flexibility index (Phi) is 6.27. The molecule has 0 spiro atoms. The lowest BCUT2D eigenvalue weighted by atomic mass is 10.1. The summed E-state index contributed by atoms with van der Waals surface area (Å²) in [4.78, 5) is 15.5. The van der Waals surface area contributed by atoms with E-state index in [0.717, 1.165) is 37.2 Å². The summed E-state index contributed by atoms with van der Waals surface area (Å²) in [7, 11) is 0. The van der Waals surface area contributed by atoms with Gasteiger partial charge in [0.05, 0.1) is 29.6 Å². The molecule has 4 N–H and O–H groups in total. The minimum absolute atomic E-state index is 0.147. The molecule has 4 heterocycles. The van der Waals surface area contributed by atoms with Gasteiger partial charge in [-0.25, -0.2) is 19.3 Å². The van der Waals surface area contributed by atoms with Crippen LogP contribution in [-0.2, 0) is 4.74 Å². The van der Waals surface area contributed by atoms with Gasteiger partial charge >= 0.3 is 0 Å². The fourth-order valence-electron chi connectivity index (χ4n) is 3.80. The van der Waals surface area contributed by atoms with Gasteiger partial charge in [-0.15, -0.1) is 0 Å². The second-order valence-electron chi connectivity index (χ2n) is 8.13. The minimum Gasteiger partial charge on any atom is -0.378 e. The first-order valence-electron chi connectivity index (χ1n) is 11.0. The normalized spacial score (nSPS) is 17.4. The summed E-state index contributed by atoms with van der Waals surface area (Å²) >= 11 is 6.38. The average molecular weight is 483 g/mol. The third-order valence-electron chi connectivity index (χ3n) is 5.64. The first kappa shape index (κ1) is 22.5. The number of aromatic nitrogens is 3. The highest BCUT2D eigenvalue weighted by atomic mass is 35.5. The molecule has 2 aromatic heterocycles. The summed E-state index contributed by atoms with van der Waals surface area (Å²) in [5.41, 5.74) is 1.94. The van der Waals surface area contributed by atoms with Crippen molar-refractivity contribution in [2.24, 2.45) is 0 Å². The predicted molar refractivity (Wildman–Crippen MR) is 131 cm³/mol. The Hall–Kier alpha value is -3.34. The monoisotopic (exact) mass is 482 g/mol. The zero-order valence-corrected chi connectivity index (χ0v) is 19.3. The molecule has 1 atom stereocenters. The van der Waals surface area contributed by atoms with E-state index in [9.17, 15) is 4.39 Å². The van der Waals surface area contributed by atoms with E-state index < -0.39 is 5.82 Å². The zero-order valence-electron chi connectivity index (χ0n) is 18.5. The Morgan fingerprint density at radius 1 is 1.18 bits per heavy atom. The quantitative estimate of drug-likeness (QED) is 0.295. The van der Waals surface area contributed by atoms with Crippen LogP contribution in [0.3, 0.4) is 0 Å². The molecule has 2 saturated heterocycles. The number of halogens is 2. The summed E-state index contributed by atoms with van der Waals surface area (Å²) in [6.45, 7) is 5.49. The molecular formula is C23H24ClFN8O. The molecule has 5 rings (SSSR count). The summed E-state index contributed by atoms with van der Waals surface area (Å²) < 4.78 is 20.3. The van der Waals surface area contributed by atoms with Crippen LogP contribution in [0.15, 0.2) is 30.5 Å². The van der Waals surface area contributed by atoms with E-state index in [1.54, 1.807) is 12.1 Å². The molecule has 0 aliphatic carbocycles. The SMILES string of the molecule is Cc1nc(Nc2cc(Nc3c(F)cc(C4CN4)cc3Cl)c(C=N)cn2)cc(N2CCOCC2)n1. The molecule has 0 saturated carbocycles. The molecule has 2 aliphatic heterocycles. The number of ether oxygens (including phenoxy) is 1. The lowest BCUT2D eigenvalue weighted by molar-refractivity contribution is 0.122. The zero-order chi connectivity index (χ0) is 23.7. The largest absolute Gasteiger partial charge is 0.378 e. The van der Waals surface area contributed by atoms with Gasteiger partial charge in [-0.1, -0.05) is 11.6 Å². The highest BCUT2D eigenvalue weighted by molar-refractivity contribution is 6.33. The van der Waals surface area contributed by atoms with Crippen LogP contribution in [0.1, 0.15) is 23.0 Å². The number of nitrogens with one attached hydrogen (secondary N) is 4. The van der Waals surface area contributed by atoms with Gasteiger partial charge in [0.1, 0.15) is 29.1 Å². The van der Waals surface area contributed by atoms with Crippen LogP contribution in [0, 0.1) is 18.2 Å². The van der Waals surface area contributed by atoms with Gasteiger partial charge in [0.25, 0.3) is 0 Å². The maximum atomic E-state index is 14.8. The van der Waals surface area contributed by atoms with Crippen LogP contribution in [0.2, 0.25) is 5.02 Å².